The fourth-order valence-corrected chi connectivity index (χ4v) is 4.84. The molecule has 1 heterocycles. The van der Waals surface area contributed by atoms with Gasteiger partial charge in [0.1, 0.15) is 28.3 Å². The second kappa shape index (κ2) is 12.7. The molecule has 0 aliphatic heterocycles. The van der Waals surface area contributed by atoms with Crippen LogP contribution in [0.5, 0.6) is 17.2 Å². The van der Waals surface area contributed by atoms with Crippen molar-refractivity contribution in [3.05, 3.63) is 84.4 Å². The van der Waals surface area contributed by atoms with E-state index in [1.54, 1.807) is 33.5 Å². The van der Waals surface area contributed by atoms with Crippen LogP contribution in [0.25, 0.3) is 22.4 Å². The topological polar surface area (TPSA) is 93.5 Å². The summed E-state index contributed by atoms with van der Waals surface area (Å²) >= 11 is 1.37. The smallest absolute Gasteiger partial charge is 0.225 e. The molecule has 0 aliphatic carbocycles. The number of carbonyl (C=O) groups excluding carboxylic acids is 1. The molecule has 0 spiro atoms. The van der Waals surface area contributed by atoms with Gasteiger partial charge in [0.15, 0.2) is 0 Å². The minimum absolute atomic E-state index is 0.141. The minimum atomic E-state index is -0.141. The lowest BCUT2D eigenvalue weighted by molar-refractivity contribution is -0.115. The van der Waals surface area contributed by atoms with Gasteiger partial charge in [0.25, 0.3) is 0 Å². The van der Waals surface area contributed by atoms with Gasteiger partial charge in [0.2, 0.25) is 5.91 Å². The van der Waals surface area contributed by atoms with Gasteiger partial charge in [-0.15, -0.1) is 11.8 Å². The molecule has 4 aromatic rings. The van der Waals surface area contributed by atoms with E-state index in [9.17, 15) is 10.1 Å². The molecule has 0 fully saturated rings. The highest BCUT2D eigenvalue weighted by molar-refractivity contribution is 7.99. The second-order valence-electron chi connectivity index (χ2n) is 8.16. The molecule has 3 aromatic carbocycles. The highest BCUT2D eigenvalue weighted by atomic mass is 32.2. The summed E-state index contributed by atoms with van der Waals surface area (Å²) in [6.07, 6.45) is 0.238. The number of nitriles is 1. The van der Waals surface area contributed by atoms with E-state index in [0.717, 1.165) is 11.1 Å². The van der Waals surface area contributed by atoms with Gasteiger partial charge in [0.05, 0.1) is 32.6 Å². The molecular formula is C30H27N3O4S. The lowest BCUT2D eigenvalue weighted by atomic mass is 9.98. The molecule has 1 amide bonds. The number of carbonyl (C=O) groups is 1. The first kappa shape index (κ1) is 26.6. The first-order valence-electron chi connectivity index (χ1n) is 11.9. The number of hydrogen-bond donors (Lipinski definition) is 1. The maximum atomic E-state index is 12.6. The normalized spacial score (nSPS) is 10.4. The number of pyridine rings is 1. The van der Waals surface area contributed by atoms with Gasteiger partial charge in [-0.3, -0.25) is 4.79 Å². The quantitative estimate of drug-likeness (QED) is 0.238. The first-order chi connectivity index (χ1) is 18.6. The monoisotopic (exact) mass is 525 g/mol. The largest absolute Gasteiger partial charge is 0.497 e. The fraction of sp³-hybridized carbons (Fsp3) is 0.167. The van der Waals surface area contributed by atoms with Crippen LogP contribution in [0.4, 0.5) is 5.69 Å². The summed E-state index contributed by atoms with van der Waals surface area (Å²) in [7, 11) is 4.76. The molecule has 0 unspecified atom stereocenters. The summed E-state index contributed by atoms with van der Waals surface area (Å²) in [6.45, 7) is 0. The van der Waals surface area contributed by atoms with Crippen molar-refractivity contribution in [1.29, 1.82) is 5.26 Å². The van der Waals surface area contributed by atoms with Gasteiger partial charge in [0, 0.05) is 40.6 Å². The first-order valence-corrected chi connectivity index (χ1v) is 12.8. The van der Waals surface area contributed by atoms with Crippen molar-refractivity contribution in [3.63, 3.8) is 0 Å². The van der Waals surface area contributed by atoms with E-state index in [4.69, 9.17) is 19.2 Å². The Labute approximate surface area is 226 Å². The number of thioether (sulfide) groups is 1. The van der Waals surface area contributed by atoms with E-state index in [2.05, 4.69) is 11.4 Å². The zero-order valence-electron chi connectivity index (χ0n) is 21.4. The lowest BCUT2D eigenvalue weighted by Gasteiger charge is -2.15. The van der Waals surface area contributed by atoms with Crippen molar-refractivity contribution in [2.24, 2.45) is 0 Å². The van der Waals surface area contributed by atoms with Gasteiger partial charge < -0.3 is 19.5 Å². The average molecular weight is 526 g/mol. The summed E-state index contributed by atoms with van der Waals surface area (Å²) in [5, 5.41) is 13.6. The van der Waals surface area contributed by atoms with Gasteiger partial charge in [-0.05, 0) is 36.4 Å². The Bertz CT molecular complexity index is 1470. The number of anilines is 1. The van der Waals surface area contributed by atoms with E-state index in [0.29, 0.717) is 50.5 Å². The summed E-state index contributed by atoms with van der Waals surface area (Å²) in [5.74, 6) is 2.22. The molecule has 0 bridgehead atoms. The number of rotatable bonds is 10. The van der Waals surface area contributed by atoms with Crippen molar-refractivity contribution in [3.8, 4) is 45.7 Å². The summed E-state index contributed by atoms with van der Waals surface area (Å²) in [6, 6.07) is 26.6. The minimum Gasteiger partial charge on any atom is -0.497 e. The maximum Gasteiger partial charge on any atom is 0.225 e. The number of methoxy groups -OCH3 is 3. The number of benzene rings is 3. The summed E-state index contributed by atoms with van der Waals surface area (Å²) in [5.41, 5.74) is 4.11. The second-order valence-corrected chi connectivity index (χ2v) is 9.24. The maximum absolute atomic E-state index is 12.6. The summed E-state index contributed by atoms with van der Waals surface area (Å²) < 4.78 is 16.3. The Kier molecular flexibility index (Phi) is 8.85. The van der Waals surface area contributed by atoms with Crippen molar-refractivity contribution in [2.75, 3.05) is 32.4 Å². The Balaban J connectivity index is 1.66. The van der Waals surface area contributed by atoms with Gasteiger partial charge >= 0.3 is 0 Å². The van der Waals surface area contributed by atoms with Crippen LogP contribution in [-0.2, 0) is 4.79 Å². The van der Waals surface area contributed by atoms with E-state index in [1.165, 1.54) is 11.8 Å². The van der Waals surface area contributed by atoms with Crippen LogP contribution in [0.1, 0.15) is 12.0 Å². The van der Waals surface area contributed by atoms with Gasteiger partial charge in [-0.25, -0.2) is 4.98 Å². The highest BCUT2D eigenvalue weighted by Gasteiger charge is 2.19. The molecule has 8 heteroatoms. The Morgan fingerprint density at radius 2 is 1.66 bits per heavy atom. The Morgan fingerprint density at radius 1 is 0.895 bits per heavy atom. The number of nitrogens with zero attached hydrogens (tertiary/aromatic N) is 2. The molecule has 0 atom stereocenters. The van der Waals surface area contributed by atoms with Crippen LogP contribution in [0, 0.1) is 11.3 Å². The number of nitrogens with one attached hydrogen (secondary N) is 1. The SMILES string of the molecule is COc1cccc(NC(=O)CCSc2nc(-c3ccccc3)cc(-c3cc(OC)ccc3OC)c2C#N)c1. The summed E-state index contributed by atoms with van der Waals surface area (Å²) in [4.78, 5) is 17.4. The van der Waals surface area contributed by atoms with Gasteiger partial charge in [-0.1, -0.05) is 36.4 Å². The van der Waals surface area contributed by atoms with E-state index in [-0.39, 0.29) is 12.3 Å². The molecule has 192 valence electrons. The third kappa shape index (κ3) is 6.25. The van der Waals surface area contributed by atoms with E-state index < -0.39 is 0 Å². The molecule has 0 saturated heterocycles. The zero-order valence-corrected chi connectivity index (χ0v) is 22.2. The predicted molar refractivity (Wildman–Crippen MR) is 150 cm³/mol. The Hall–Kier alpha value is -4.48. The third-order valence-electron chi connectivity index (χ3n) is 5.79. The molecular weight excluding hydrogens is 498 g/mol. The van der Waals surface area contributed by atoms with Gasteiger partial charge in [-0.2, -0.15) is 5.26 Å². The van der Waals surface area contributed by atoms with Crippen molar-refractivity contribution in [2.45, 2.75) is 11.4 Å². The molecule has 4 rings (SSSR count). The number of aromatic nitrogens is 1. The highest BCUT2D eigenvalue weighted by Crippen LogP contribution is 2.40. The average Bonchev–Trinajstić information content (AvgIpc) is 2.96. The van der Waals surface area contributed by atoms with Crippen molar-refractivity contribution >= 4 is 23.4 Å². The van der Waals surface area contributed by atoms with Crippen molar-refractivity contribution in [1.82, 2.24) is 4.98 Å². The van der Waals surface area contributed by atoms with Crippen LogP contribution in [0.15, 0.2) is 83.9 Å². The van der Waals surface area contributed by atoms with Crippen LogP contribution in [0.2, 0.25) is 0 Å². The fourth-order valence-electron chi connectivity index (χ4n) is 3.89. The molecule has 1 aromatic heterocycles. The standard InChI is InChI=1S/C30H27N3O4S/c1-35-22-11-7-10-21(16-22)32-29(34)14-15-38-30-26(19-31)24(18-27(33-30)20-8-5-4-6-9-20)25-17-23(36-2)12-13-28(25)37-3/h4-13,16-18H,14-15H2,1-3H3,(H,32,34). The zero-order chi connectivity index (χ0) is 26.9. The number of ether oxygens (including phenoxy) is 3. The Morgan fingerprint density at radius 3 is 2.37 bits per heavy atom. The predicted octanol–water partition coefficient (Wildman–Crippen LogP) is 6.43. The lowest BCUT2D eigenvalue weighted by Crippen LogP contribution is -2.12. The molecule has 0 aliphatic rings. The van der Waals surface area contributed by atoms with E-state index >= 15 is 0 Å². The van der Waals surface area contributed by atoms with Crippen LogP contribution < -0.4 is 19.5 Å². The molecule has 7 nitrogen and oxygen atoms in total. The molecule has 0 saturated carbocycles. The molecule has 1 N–H and O–H groups in total. The molecule has 0 radical (unpaired) electrons. The van der Waals surface area contributed by atoms with Crippen LogP contribution in [-0.4, -0.2) is 38.0 Å². The molecule has 38 heavy (non-hydrogen) atoms. The number of hydrogen-bond acceptors (Lipinski definition) is 7. The van der Waals surface area contributed by atoms with Crippen LogP contribution >= 0.6 is 11.8 Å². The third-order valence-corrected chi connectivity index (χ3v) is 6.76. The van der Waals surface area contributed by atoms with Crippen molar-refractivity contribution < 1.29 is 19.0 Å². The van der Waals surface area contributed by atoms with E-state index in [1.807, 2.05) is 66.7 Å². The van der Waals surface area contributed by atoms with Crippen LogP contribution in [0.3, 0.4) is 0 Å². The number of amides is 1.